The third-order valence-electron chi connectivity index (χ3n) is 6.54. The Hall–Kier alpha value is 1.05. The summed E-state index contributed by atoms with van der Waals surface area (Å²) in [4.78, 5) is 0. The molecule has 0 unspecified atom stereocenters. The maximum atomic E-state index is 6.93. The standard InChI is InChI=1S/C20H44O2S2Si2/c1-16(18-23-13-12-14-24-18)17(22-26(10,11)20(5,6)7)15-21-25(8,9)19(2,3)4/h16-18H,12-15H2,1-11H3/t16-,17-/m1/s1/i16+1,17+1. The number of hydrogen-bond acceptors (Lipinski definition) is 4. The molecule has 1 rings (SSSR count). The van der Waals surface area contributed by atoms with Crippen molar-refractivity contribution in [3.63, 3.8) is 0 Å². The zero-order valence-corrected chi connectivity index (χ0v) is 22.8. The highest BCUT2D eigenvalue weighted by molar-refractivity contribution is 8.17. The summed E-state index contributed by atoms with van der Waals surface area (Å²) in [7, 11) is -3.58. The fourth-order valence-corrected chi connectivity index (χ4v) is 7.94. The Morgan fingerprint density at radius 3 is 1.77 bits per heavy atom. The summed E-state index contributed by atoms with van der Waals surface area (Å²) >= 11 is 4.25. The molecular formula is C20H44O2S2Si2. The van der Waals surface area contributed by atoms with Crippen LogP contribution in [0.2, 0.25) is 36.3 Å². The molecule has 0 aromatic rings. The van der Waals surface area contributed by atoms with Gasteiger partial charge in [-0.2, -0.15) is 0 Å². The van der Waals surface area contributed by atoms with Crippen LogP contribution in [0.15, 0.2) is 0 Å². The van der Waals surface area contributed by atoms with Gasteiger partial charge >= 0.3 is 0 Å². The van der Waals surface area contributed by atoms with Crippen LogP contribution >= 0.6 is 23.5 Å². The van der Waals surface area contributed by atoms with Gasteiger partial charge in [-0.3, -0.25) is 0 Å². The van der Waals surface area contributed by atoms with Gasteiger partial charge in [-0.05, 0) is 54.2 Å². The van der Waals surface area contributed by atoms with Gasteiger partial charge in [0.15, 0.2) is 16.6 Å². The van der Waals surface area contributed by atoms with Crippen molar-refractivity contribution in [2.75, 3.05) is 18.1 Å². The number of rotatable bonds is 7. The molecule has 156 valence electrons. The molecule has 0 bridgehead atoms. The molecule has 2 atom stereocenters. The lowest BCUT2D eigenvalue weighted by Crippen LogP contribution is -2.50. The van der Waals surface area contributed by atoms with Crippen LogP contribution in [0.5, 0.6) is 0 Å². The summed E-state index contributed by atoms with van der Waals surface area (Å²) in [5.74, 6) is 3.10. The van der Waals surface area contributed by atoms with E-state index in [1.165, 1.54) is 17.9 Å². The van der Waals surface area contributed by atoms with Crippen molar-refractivity contribution in [1.29, 1.82) is 0 Å². The maximum absolute atomic E-state index is 6.93. The molecule has 1 aliphatic heterocycles. The van der Waals surface area contributed by atoms with Crippen molar-refractivity contribution in [1.82, 2.24) is 0 Å². The van der Waals surface area contributed by atoms with Crippen LogP contribution in [-0.2, 0) is 8.85 Å². The highest BCUT2D eigenvalue weighted by Gasteiger charge is 2.43. The molecule has 0 radical (unpaired) electrons. The van der Waals surface area contributed by atoms with Gasteiger partial charge in [0, 0.05) is 5.92 Å². The van der Waals surface area contributed by atoms with Gasteiger partial charge in [0.05, 0.1) is 17.3 Å². The van der Waals surface area contributed by atoms with Gasteiger partial charge < -0.3 is 8.85 Å². The van der Waals surface area contributed by atoms with Crippen LogP contribution in [-0.4, -0.2) is 45.4 Å². The molecule has 1 aliphatic rings. The van der Waals surface area contributed by atoms with E-state index >= 15 is 0 Å². The van der Waals surface area contributed by atoms with Crippen LogP contribution < -0.4 is 0 Å². The summed E-state index contributed by atoms with van der Waals surface area (Å²) in [5.41, 5.74) is 0. The molecule has 26 heavy (non-hydrogen) atoms. The van der Waals surface area contributed by atoms with Crippen LogP contribution in [0, 0.1) is 5.92 Å². The molecule has 1 fully saturated rings. The molecule has 2 nitrogen and oxygen atoms in total. The summed E-state index contributed by atoms with van der Waals surface area (Å²) in [6.45, 7) is 26.6. The molecule has 0 aromatic carbocycles. The summed E-state index contributed by atoms with van der Waals surface area (Å²) in [5, 5.41) is 0.473. The first-order valence-electron chi connectivity index (χ1n) is 10.1. The maximum Gasteiger partial charge on any atom is 0.192 e. The minimum absolute atomic E-state index is 0.202. The fraction of sp³-hybridized carbons (Fsp3) is 1.00. The van der Waals surface area contributed by atoms with Crippen molar-refractivity contribution >= 4 is 40.2 Å². The number of hydrogen-bond donors (Lipinski definition) is 0. The van der Waals surface area contributed by atoms with Gasteiger partial charge in [0.2, 0.25) is 0 Å². The van der Waals surface area contributed by atoms with Gasteiger partial charge in [-0.25, -0.2) is 0 Å². The van der Waals surface area contributed by atoms with E-state index in [0.717, 1.165) is 6.61 Å². The lowest BCUT2D eigenvalue weighted by Gasteiger charge is -2.44. The molecule has 6 heteroatoms. The molecular weight excluding hydrogens is 395 g/mol. The Labute approximate surface area is 174 Å². The Bertz CT molecular complexity index is 436. The lowest BCUT2D eigenvalue weighted by molar-refractivity contribution is 0.0718. The second-order valence-corrected chi connectivity index (χ2v) is 23.2. The predicted molar refractivity (Wildman–Crippen MR) is 128 cm³/mol. The van der Waals surface area contributed by atoms with E-state index in [1.54, 1.807) is 0 Å². The van der Waals surface area contributed by atoms with Gasteiger partial charge in [0.25, 0.3) is 0 Å². The van der Waals surface area contributed by atoms with Gasteiger partial charge in [-0.1, -0.05) is 48.5 Å². The third kappa shape index (κ3) is 6.83. The molecule has 0 aliphatic carbocycles. The van der Waals surface area contributed by atoms with Crippen molar-refractivity contribution in [2.45, 2.75) is 102 Å². The lowest BCUT2D eigenvalue weighted by atomic mass is 10.2. The van der Waals surface area contributed by atoms with E-state index in [9.17, 15) is 0 Å². The smallest absolute Gasteiger partial charge is 0.192 e. The second kappa shape index (κ2) is 9.25. The summed E-state index contributed by atoms with van der Waals surface area (Å²) in [6.07, 6.45) is 1.54. The van der Waals surface area contributed by atoms with E-state index in [2.05, 4.69) is 98.2 Å². The number of thioether (sulfide) groups is 2. The van der Waals surface area contributed by atoms with Crippen LogP contribution in [0.4, 0.5) is 0 Å². The van der Waals surface area contributed by atoms with E-state index in [-0.39, 0.29) is 16.2 Å². The van der Waals surface area contributed by atoms with E-state index < -0.39 is 16.6 Å². The first-order valence-corrected chi connectivity index (χ1v) is 18.0. The quantitative estimate of drug-likeness (QED) is 0.308. The summed E-state index contributed by atoms with van der Waals surface area (Å²) < 4.78 is 14.2. The van der Waals surface area contributed by atoms with Crippen molar-refractivity contribution in [2.24, 2.45) is 5.92 Å². The first-order chi connectivity index (χ1) is 11.6. The topological polar surface area (TPSA) is 18.5 Å². The monoisotopic (exact) mass is 438 g/mol. The van der Waals surface area contributed by atoms with E-state index in [4.69, 9.17) is 8.85 Å². The highest BCUT2D eigenvalue weighted by Crippen LogP contribution is 2.43. The van der Waals surface area contributed by atoms with Gasteiger partial charge in [0.1, 0.15) is 0 Å². The minimum atomic E-state index is -1.82. The first kappa shape index (κ1) is 25.1. The molecule has 0 spiro atoms. The summed E-state index contributed by atoms with van der Waals surface area (Å²) in [6, 6.07) is 0. The Morgan fingerprint density at radius 1 is 0.885 bits per heavy atom. The predicted octanol–water partition coefficient (Wildman–Crippen LogP) is 7.23. The van der Waals surface area contributed by atoms with E-state index in [1.807, 2.05) is 0 Å². The molecule has 1 saturated heterocycles. The van der Waals surface area contributed by atoms with Crippen LogP contribution in [0.1, 0.15) is 54.9 Å². The average Bonchev–Trinajstić information content (AvgIpc) is 2.49. The van der Waals surface area contributed by atoms with Crippen LogP contribution in [0.25, 0.3) is 0 Å². The van der Waals surface area contributed by atoms with Crippen molar-refractivity contribution < 1.29 is 8.85 Å². The molecule has 0 aromatic heterocycles. The molecule has 0 N–H and O–H groups in total. The largest absolute Gasteiger partial charge is 0.414 e. The third-order valence-corrected chi connectivity index (χ3v) is 18.9. The minimum Gasteiger partial charge on any atom is -0.414 e. The second-order valence-electron chi connectivity index (χ2n) is 10.8. The normalized spacial score (nSPS) is 20.9. The van der Waals surface area contributed by atoms with Crippen molar-refractivity contribution in [3.05, 3.63) is 0 Å². The van der Waals surface area contributed by atoms with Crippen molar-refractivity contribution in [3.8, 4) is 0 Å². The Kier molecular flexibility index (Phi) is 8.92. The SMILES string of the molecule is C[13C@@H](C1SCCCS1)[13C@@H](CO[Si](C)(C)C(C)(C)C)O[Si](C)(C)C(C)(C)C. The average molecular weight is 439 g/mol. The van der Waals surface area contributed by atoms with Crippen LogP contribution in [0.3, 0.4) is 0 Å². The molecule has 0 saturated carbocycles. The fourth-order valence-electron chi connectivity index (χ4n) is 2.34. The Balaban J connectivity index is 2.94. The zero-order valence-electron chi connectivity index (χ0n) is 19.2. The molecule has 1 heterocycles. The van der Waals surface area contributed by atoms with E-state index in [0.29, 0.717) is 10.5 Å². The van der Waals surface area contributed by atoms with Gasteiger partial charge in [-0.15, -0.1) is 23.5 Å². The molecule has 0 amide bonds. The zero-order chi connectivity index (χ0) is 20.4. The highest BCUT2D eigenvalue weighted by atomic mass is 32.2. The Morgan fingerprint density at radius 2 is 1.35 bits per heavy atom.